The number of nitrogens with zero attached hydrogens (tertiary/aromatic N) is 1. The van der Waals surface area contributed by atoms with Gasteiger partial charge in [-0.1, -0.05) is 31.9 Å². The van der Waals surface area contributed by atoms with Gasteiger partial charge in [-0.05, 0) is 31.2 Å². The average Bonchev–Trinajstić information content (AvgIpc) is 2.39. The molecule has 0 amide bonds. The van der Waals surface area contributed by atoms with Crippen LogP contribution in [0.2, 0.25) is 0 Å². The van der Waals surface area contributed by atoms with E-state index in [1.165, 1.54) is 4.31 Å². The van der Waals surface area contributed by atoms with Crippen molar-refractivity contribution in [1.29, 1.82) is 0 Å². The molecule has 1 aromatic rings. The highest BCUT2D eigenvalue weighted by atomic mass is 79.9. The molecule has 7 heteroatoms. The largest absolute Gasteiger partial charge is 0.374 e. The first-order chi connectivity index (χ1) is 8.95. The maximum Gasteiger partial charge on any atom is 0.243 e. The van der Waals surface area contributed by atoms with Crippen LogP contribution in [0.15, 0.2) is 33.6 Å². The molecule has 2 unspecified atom stereocenters. The fourth-order valence-corrected chi connectivity index (χ4v) is 4.27. The fourth-order valence-electron chi connectivity index (χ4n) is 1.96. The Morgan fingerprint density at radius 2 is 2.00 bits per heavy atom. The molecule has 1 fully saturated rings. The highest BCUT2D eigenvalue weighted by molar-refractivity contribution is 9.10. The van der Waals surface area contributed by atoms with E-state index in [1.807, 2.05) is 6.92 Å². The predicted octanol–water partition coefficient (Wildman–Crippen LogP) is 2.62. The Hall–Kier alpha value is 0.0500. The lowest BCUT2D eigenvalue weighted by atomic mass is 10.2. The first-order valence-corrected chi connectivity index (χ1v) is 9.25. The van der Waals surface area contributed by atoms with Gasteiger partial charge in [0.05, 0.1) is 17.6 Å². The number of rotatable bonds is 3. The van der Waals surface area contributed by atoms with Crippen LogP contribution in [0, 0.1) is 0 Å². The number of alkyl halides is 1. The maximum atomic E-state index is 12.6. The van der Waals surface area contributed by atoms with Crippen LogP contribution in [-0.4, -0.2) is 43.4 Å². The van der Waals surface area contributed by atoms with Crippen molar-refractivity contribution < 1.29 is 13.2 Å². The molecule has 106 valence electrons. The van der Waals surface area contributed by atoms with E-state index >= 15 is 0 Å². The van der Waals surface area contributed by atoms with Gasteiger partial charge in [-0.3, -0.25) is 0 Å². The Bertz CT molecular complexity index is 532. The molecular formula is C12H15Br2NO3S. The van der Waals surface area contributed by atoms with Gasteiger partial charge in [0.2, 0.25) is 10.0 Å². The molecule has 0 bridgehead atoms. The standard InChI is InChI=1S/C12H15Br2NO3S/c1-9-8-18-11(6-13)7-15(9)19(16,17)12-4-2-10(14)3-5-12/h2-5,9,11H,6-8H2,1H3. The van der Waals surface area contributed by atoms with E-state index in [9.17, 15) is 8.42 Å². The Morgan fingerprint density at radius 3 is 2.58 bits per heavy atom. The van der Waals surface area contributed by atoms with Gasteiger partial charge in [0.1, 0.15) is 0 Å². The van der Waals surface area contributed by atoms with Gasteiger partial charge in [0.25, 0.3) is 0 Å². The molecule has 0 aromatic heterocycles. The molecule has 2 atom stereocenters. The van der Waals surface area contributed by atoms with Crippen molar-refractivity contribution in [2.75, 3.05) is 18.5 Å². The monoisotopic (exact) mass is 411 g/mol. The molecule has 1 heterocycles. The van der Waals surface area contributed by atoms with Gasteiger partial charge >= 0.3 is 0 Å². The predicted molar refractivity (Wildman–Crippen MR) is 81.0 cm³/mol. The smallest absolute Gasteiger partial charge is 0.243 e. The van der Waals surface area contributed by atoms with Crippen LogP contribution in [0.4, 0.5) is 0 Å². The lowest BCUT2D eigenvalue weighted by molar-refractivity contribution is -0.0139. The van der Waals surface area contributed by atoms with Crippen molar-refractivity contribution in [3.63, 3.8) is 0 Å². The first kappa shape index (κ1) is 15.4. The van der Waals surface area contributed by atoms with Gasteiger partial charge in [0.15, 0.2) is 0 Å². The molecular weight excluding hydrogens is 398 g/mol. The zero-order chi connectivity index (χ0) is 14.0. The SMILES string of the molecule is CC1COC(CBr)CN1S(=O)(=O)c1ccc(Br)cc1. The van der Waals surface area contributed by atoms with Crippen LogP contribution in [0.1, 0.15) is 6.92 Å². The summed E-state index contributed by atoms with van der Waals surface area (Å²) >= 11 is 6.64. The summed E-state index contributed by atoms with van der Waals surface area (Å²) in [7, 11) is -3.46. The zero-order valence-electron chi connectivity index (χ0n) is 10.4. The minimum Gasteiger partial charge on any atom is -0.374 e. The molecule has 0 aliphatic carbocycles. The highest BCUT2D eigenvalue weighted by Gasteiger charge is 2.35. The van der Waals surface area contributed by atoms with Gasteiger partial charge < -0.3 is 4.74 Å². The summed E-state index contributed by atoms with van der Waals surface area (Å²) in [6, 6.07) is 6.55. The second-order valence-electron chi connectivity index (χ2n) is 4.49. The normalized spacial score (nSPS) is 25.4. The van der Waals surface area contributed by atoms with Crippen LogP contribution < -0.4 is 0 Å². The molecule has 1 saturated heterocycles. The van der Waals surface area contributed by atoms with E-state index in [-0.39, 0.29) is 12.1 Å². The number of benzene rings is 1. The van der Waals surface area contributed by atoms with E-state index in [0.717, 1.165) is 4.47 Å². The van der Waals surface area contributed by atoms with Crippen LogP contribution in [0.25, 0.3) is 0 Å². The molecule has 1 aromatic carbocycles. The van der Waals surface area contributed by atoms with Crippen molar-refractivity contribution in [3.05, 3.63) is 28.7 Å². The number of ether oxygens (including phenoxy) is 1. The number of hydrogen-bond acceptors (Lipinski definition) is 3. The first-order valence-electron chi connectivity index (χ1n) is 5.90. The molecule has 2 rings (SSSR count). The van der Waals surface area contributed by atoms with Crippen molar-refractivity contribution in [1.82, 2.24) is 4.31 Å². The third-order valence-corrected chi connectivity index (χ3v) is 6.29. The molecule has 19 heavy (non-hydrogen) atoms. The highest BCUT2D eigenvalue weighted by Crippen LogP contribution is 2.24. The summed E-state index contributed by atoms with van der Waals surface area (Å²) in [5.74, 6) is 0. The Morgan fingerprint density at radius 1 is 1.37 bits per heavy atom. The second kappa shape index (κ2) is 6.22. The van der Waals surface area contributed by atoms with E-state index in [0.29, 0.717) is 23.4 Å². The lowest BCUT2D eigenvalue weighted by Crippen LogP contribution is -2.51. The number of morpholine rings is 1. The van der Waals surface area contributed by atoms with Crippen molar-refractivity contribution in [3.8, 4) is 0 Å². The van der Waals surface area contributed by atoms with E-state index < -0.39 is 10.0 Å². The second-order valence-corrected chi connectivity index (χ2v) is 7.94. The molecule has 1 aliphatic heterocycles. The van der Waals surface area contributed by atoms with E-state index in [2.05, 4.69) is 31.9 Å². The van der Waals surface area contributed by atoms with Crippen LogP contribution >= 0.6 is 31.9 Å². The summed E-state index contributed by atoms with van der Waals surface area (Å²) in [4.78, 5) is 0.317. The Balaban J connectivity index is 2.29. The van der Waals surface area contributed by atoms with E-state index in [4.69, 9.17) is 4.74 Å². The summed E-state index contributed by atoms with van der Waals surface area (Å²) in [6.45, 7) is 2.66. The third kappa shape index (κ3) is 3.39. The maximum absolute atomic E-state index is 12.6. The van der Waals surface area contributed by atoms with E-state index in [1.54, 1.807) is 24.3 Å². The molecule has 0 radical (unpaired) electrons. The van der Waals surface area contributed by atoms with Crippen LogP contribution in [0.3, 0.4) is 0 Å². The lowest BCUT2D eigenvalue weighted by Gasteiger charge is -2.36. The number of hydrogen-bond donors (Lipinski definition) is 0. The van der Waals surface area contributed by atoms with Gasteiger partial charge in [-0.2, -0.15) is 4.31 Å². The molecule has 0 saturated carbocycles. The minimum absolute atomic E-state index is 0.0959. The quantitative estimate of drug-likeness (QED) is 0.717. The number of sulfonamides is 1. The van der Waals surface area contributed by atoms with Crippen LogP contribution in [0.5, 0.6) is 0 Å². The Kier molecular flexibility index (Phi) is 5.05. The molecule has 1 aliphatic rings. The van der Waals surface area contributed by atoms with Gasteiger partial charge in [-0.15, -0.1) is 0 Å². The van der Waals surface area contributed by atoms with Gasteiger partial charge in [0, 0.05) is 22.4 Å². The molecule has 0 spiro atoms. The zero-order valence-corrected chi connectivity index (χ0v) is 14.4. The summed E-state index contributed by atoms with van der Waals surface area (Å²) in [5, 5.41) is 0.631. The minimum atomic E-state index is -3.46. The van der Waals surface area contributed by atoms with Gasteiger partial charge in [-0.25, -0.2) is 8.42 Å². The third-order valence-electron chi connectivity index (χ3n) is 3.04. The van der Waals surface area contributed by atoms with Crippen LogP contribution in [-0.2, 0) is 14.8 Å². The summed E-state index contributed by atoms with van der Waals surface area (Å²) < 4.78 is 33.2. The molecule has 4 nitrogen and oxygen atoms in total. The fraction of sp³-hybridized carbons (Fsp3) is 0.500. The van der Waals surface area contributed by atoms with Crippen molar-refractivity contribution >= 4 is 41.9 Å². The summed E-state index contributed by atoms with van der Waals surface area (Å²) in [6.07, 6.45) is -0.0959. The topological polar surface area (TPSA) is 46.6 Å². The number of halogens is 2. The average molecular weight is 413 g/mol. The molecule has 0 N–H and O–H groups in total. The van der Waals surface area contributed by atoms with Crippen molar-refractivity contribution in [2.24, 2.45) is 0 Å². The Labute approximate surface area is 130 Å². The summed E-state index contributed by atoms with van der Waals surface area (Å²) in [5.41, 5.74) is 0. The van der Waals surface area contributed by atoms with Crippen molar-refractivity contribution in [2.45, 2.75) is 24.0 Å².